The quantitative estimate of drug-likeness (QED) is 0.329. The molecule has 0 spiro atoms. The Kier molecular flexibility index (Phi) is 14.0. The van der Waals surface area contributed by atoms with Crippen LogP contribution < -0.4 is 0 Å². The van der Waals surface area contributed by atoms with Gasteiger partial charge in [-0.2, -0.15) is 0 Å². The highest BCUT2D eigenvalue weighted by Crippen LogP contribution is 1.99. The van der Waals surface area contributed by atoms with Crippen LogP contribution in [0.15, 0.2) is 48.6 Å². The van der Waals surface area contributed by atoms with Crippen molar-refractivity contribution < 1.29 is 0 Å². The zero-order valence-electron chi connectivity index (χ0n) is 11.3. The van der Waals surface area contributed by atoms with E-state index in [2.05, 4.69) is 62.5 Å². The second kappa shape index (κ2) is 15.0. The molecule has 0 atom stereocenters. The van der Waals surface area contributed by atoms with Crippen LogP contribution in [0, 0.1) is 6.92 Å². The molecule has 0 heterocycles. The van der Waals surface area contributed by atoms with Gasteiger partial charge in [-0.15, -0.1) is 0 Å². The summed E-state index contributed by atoms with van der Waals surface area (Å²) < 4.78 is 0. The molecule has 1 radical (unpaired) electrons. The fourth-order valence-corrected chi connectivity index (χ4v) is 1.37. The molecule has 0 unspecified atom stereocenters. The third-order valence-corrected chi connectivity index (χ3v) is 2.42. The Labute approximate surface area is 108 Å². The lowest BCUT2D eigenvalue weighted by atomic mass is 10.2. The minimum absolute atomic E-state index is 1.05. The third-order valence-electron chi connectivity index (χ3n) is 2.42. The average molecular weight is 231 g/mol. The zero-order valence-corrected chi connectivity index (χ0v) is 11.3. The summed E-state index contributed by atoms with van der Waals surface area (Å²) in [5.74, 6) is 0. The summed E-state index contributed by atoms with van der Waals surface area (Å²) >= 11 is 0. The molecule has 0 aromatic carbocycles. The van der Waals surface area contributed by atoms with Crippen LogP contribution in [0.25, 0.3) is 0 Å². The summed E-state index contributed by atoms with van der Waals surface area (Å²) in [7, 11) is 0. The molecule has 95 valence electrons. The fraction of sp³-hybridized carbons (Fsp3) is 0.471. The Morgan fingerprint density at radius 1 is 0.706 bits per heavy atom. The topological polar surface area (TPSA) is 0 Å². The molecule has 0 fully saturated rings. The smallest absolute Gasteiger partial charge is 0.0348 e. The molecule has 17 heavy (non-hydrogen) atoms. The molecule has 0 N–H and O–H groups in total. The van der Waals surface area contributed by atoms with Crippen LogP contribution in [0.2, 0.25) is 0 Å². The Morgan fingerprint density at radius 3 is 1.76 bits per heavy atom. The minimum atomic E-state index is 1.05. The van der Waals surface area contributed by atoms with Crippen molar-refractivity contribution in [3.63, 3.8) is 0 Å². The lowest BCUT2D eigenvalue weighted by Crippen LogP contribution is -1.69. The van der Waals surface area contributed by atoms with Gasteiger partial charge in [0.2, 0.25) is 0 Å². The van der Waals surface area contributed by atoms with E-state index in [9.17, 15) is 0 Å². The summed E-state index contributed by atoms with van der Waals surface area (Å²) in [6.45, 7) is 6.04. The van der Waals surface area contributed by atoms with Gasteiger partial charge in [0.1, 0.15) is 0 Å². The van der Waals surface area contributed by atoms with E-state index in [-0.39, 0.29) is 0 Å². The van der Waals surface area contributed by atoms with E-state index in [1.807, 2.05) is 0 Å². The highest BCUT2D eigenvalue weighted by atomic mass is 13.9. The van der Waals surface area contributed by atoms with Gasteiger partial charge in [0.15, 0.2) is 0 Å². The number of allylic oxidation sites excluding steroid dienone is 8. The molecular formula is C17H27. The Bertz CT molecular complexity index is 241. The first-order valence-electron chi connectivity index (χ1n) is 6.86. The predicted molar refractivity (Wildman–Crippen MR) is 79.9 cm³/mol. The van der Waals surface area contributed by atoms with E-state index in [4.69, 9.17) is 0 Å². The van der Waals surface area contributed by atoms with Crippen molar-refractivity contribution in [2.24, 2.45) is 0 Å². The predicted octanol–water partition coefficient (Wildman–Crippen LogP) is 5.80. The molecule has 0 saturated carbocycles. The van der Waals surface area contributed by atoms with Gasteiger partial charge in [-0.3, -0.25) is 0 Å². The Balaban J connectivity index is 3.45. The maximum absolute atomic E-state index is 3.83. The summed E-state index contributed by atoms with van der Waals surface area (Å²) in [4.78, 5) is 0. The lowest BCUT2D eigenvalue weighted by molar-refractivity contribution is 0.760. The van der Waals surface area contributed by atoms with Crippen LogP contribution in [0.4, 0.5) is 0 Å². The maximum atomic E-state index is 3.83. The molecule has 0 aliphatic rings. The first-order valence-corrected chi connectivity index (χ1v) is 6.86. The number of hydrogen-bond acceptors (Lipinski definition) is 0. The molecule has 0 aromatic heterocycles. The normalized spacial score (nSPS) is 12.8. The van der Waals surface area contributed by atoms with Crippen molar-refractivity contribution in [2.75, 3.05) is 0 Å². The molecule has 0 amide bonds. The number of rotatable bonds is 10. The summed E-state index contributed by atoms with van der Waals surface area (Å²) in [6.07, 6.45) is 25.5. The van der Waals surface area contributed by atoms with Gasteiger partial charge in [-0.25, -0.2) is 0 Å². The number of hydrogen-bond donors (Lipinski definition) is 0. The van der Waals surface area contributed by atoms with E-state index < -0.39 is 0 Å². The number of unbranched alkanes of at least 4 members (excludes halogenated alkanes) is 5. The fourth-order valence-electron chi connectivity index (χ4n) is 1.37. The van der Waals surface area contributed by atoms with Gasteiger partial charge in [-0.1, -0.05) is 88.1 Å². The van der Waals surface area contributed by atoms with Crippen LogP contribution in [0.3, 0.4) is 0 Å². The van der Waals surface area contributed by atoms with E-state index in [0.29, 0.717) is 0 Å². The van der Waals surface area contributed by atoms with E-state index in [1.54, 1.807) is 0 Å². The first-order chi connectivity index (χ1) is 8.41. The minimum Gasteiger partial charge on any atom is -0.0845 e. The monoisotopic (exact) mass is 231 g/mol. The van der Waals surface area contributed by atoms with Crippen molar-refractivity contribution in [2.45, 2.75) is 51.9 Å². The molecule has 0 saturated heterocycles. The van der Waals surface area contributed by atoms with Gasteiger partial charge in [-0.05, 0) is 19.3 Å². The van der Waals surface area contributed by atoms with Crippen LogP contribution in [0.1, 0.15) is 51.9 Å². The molecule has 0 aliphatic heterocycles. The Morgan fingerprint density at radius 2 is 1.24 bits per heavy atom. The second-order valence-electron chi connectivity index (χ2n) is 4.12. The second-order valence-corrected chi connectivity index (χ2v) is 4.12. The standard InChI is InChI=1S/C17H27/c1-3-5-7-9-11-13-15-17-16-14-12-10-8-6-4-2/h10-17H,1,3-9H2,2H3. The van der Waals surface area contributed by atoms with Crippen LogP contribution in [-0.4, -0.2) is 0 Å². The highest BCUT2D eigenvalue weighted by molar-refractivity contribution is 5.15. The van der Waals surface area contributed by atoms with E-state index in [0.717, 1.165) is 6.42 Å². The maximum Gasteiger partial charge on any atom is -0.0348 e. The highest BCUT2D eigenvalue weighted by Gasteiger charge is 1.79. The first kappa shape index (κ1) is 16.0. The molecule has 0 nitrogen and oxygen atoms in total. The lowest BCUT2D eigenvalue weighted by Gasteiger charge is -1.89. The van der Waals surface area contributed by atoms with Crippen molar-refractivity contribution in [3.8, 4) is 0 Å². The molecule has 0 rings (SSSR count). The molecule has 0 aliphatic carbocycles. The third kappa shape index (κ3) is 15.0. The zero-order chi connectivity index (χ0) is 12.6. The van der Waals surface area contributed by atoms with Crippen molar-refractivity contribution in [1.82, 2.24) is 0 Å². The molecule has 0 heteroatoms. The average Bonchev–Trinajstić information content (AvgIpc) is 2.35. The molecule has 0 bridgehead atoms. The summed E-state index contributed by atoms with van der Waals surface area (Å²) in [5.41, 5.74) is 0. The van der Waals surface area contributed by atoms with Crippen LogP contribution >= 0.6 is 0 Å². The van der Waals surface area contributed by atoms with Gasteiger partial charge < -0.3 is 0 Å². The van der Waals surface area contributed by atoms with Gasteiger partial charge in [0.05, 0.1) is 0 Å². The van der Waals surface area contributed by atoms with Crippen LogP contribution in [0.5, 0.6) is 0 Å². The molecule has 0 aromatic rings. The van der Waals surface area contributed by atoms with Gasteiger partial charge in [0.25, 0.3) is 0 Å². The van der Waals surface area contributed by atoms with Crippen molar-refractivity contribution in [1.29, 1.82) is 0 Å². The van der Waals surface area contributed by atoms with E-state index >= 15 is 0 Å². The SMILES string of the molecule is [CH2]CCCCC=CC=CC=CC=CCCCC. The van der Waals surface area contributed by atoms with Crippen molar-refractivity contribution >= 4 is 0 Å². The van der Waals surface area contributed by atoms with Crippen molar-refractivity contribution in [3.05, 3.63) is 55.5 Å². The molecular weight excluding hydrogens is 204 g/mol. The Hall–Kier alpha value is -1.04. The summed E-state index contributed by atoms with van der Waals surface area (Å²) in [6, 6.07) is 0. The van der Waals surface area contributed by atoms with E-state index in [1.165, 1.54) is 38.5 Å². The summed E-state index contributed by atoms with van der Waals surface area (Å²) in [5, 5.41) is 0. The largest absolute Gasteiger partial charge is 0.0845 e. The van der Waals surface area contributed by atoms with Gasteiger partial charge >= 0.3 is 0 Å². The van der Waals surface area contributed by atoms with Crippen LogP contribution in [-0.2, 0) is 0 Å². The van der Waals surface area contributed by atoms with Gasteiger partial charge in [0, 0.05) is 0 Å².